The Balaban J connectivity index is 2.50. The lowest BCUT2D eigenvalue weighted by Crippen LogP contribution is -2.03. The highest BCUT2D eigenvalue weighted by Gasteiger charge is 2.10. The van der Waals surface area contributed by atoms with Crippen LogP contribution in [-0.4, -0.2) is 23.8 Å². The smallest absolute Gasteiger partial charge is 0.315 e. The number of aryl methyl sites for hydroxylation is 3. The number of rotatable bonds is 3. The molecule has 0 atom stereocenters. The second-order valence-corrected chi connectivity index (χ2v) is 5.62. The van der Waals surface area contributed by atoms with E-state index in [0.717, 1.165) is 21.5 Å². The van der Waals surface area contributed by atoms with Gasteiger partial charge < -0.3 is 4.74 Å². The van der Waals surface area contributed by atoms with Gasteiger partial charge in [0.2, 0.25) is 0 Å². The highest BCUT2D eigenvalue weighted by atomic mass is 32.2. The van der Waals surface area contributed by atoms with E-state index in [0.29, 0.717) is 5.75 Å². The van der Waals surface area contributed by atoms with Gasteiger partial charge in [0.05, 0.1) is 18.4 Å². The van der Waals surface area contributed by atoms with Crippen LogP contribution < -0.4 is 0 Å². The number of ether oxygens (including phenoxy) is 1. The zero-order chi connectivity index (χ0) is 14.0. The van der Waals surface area contributed by atoms with E-state index in [1.54, 1.807) is 0 Å². The molecule has 1 aromatic heterocycles. The highest BCUT2D eigenvalue weighted by Crippen LogP contribution is 2.30. The second-order valence-electron chi connectivity index (χ2n) is 4.60. The fourth-order valence-electron chi connectivity index (χ4n) is 2.09. The van der Waals surface area contributed by atoms with E-state index in [9.17, 15) is 4.79 Å². The maximum atomic E-state index is 11.3. The fourth-order valence-corrected chi connectivity index (χ4v) is 3.04. The molecule has 100 valence electrons. The molecule has 0 N–H and O–H groups in total. The molecule has 2 rings (SSSR count). The normalized spacial score (nSPS) is 10.7. The lowest BCUT2D eigenvalue weighted by atomic mass is 10.1. The molecule has 0 saturated heterocycles. The third-order valence-corrected chi connectivity index (χ3v) is 3.94. The van der Waals surface area contributed by atoms with Gasteiger partial charge in [0, 0.05) is 16.0 Å². The molecule has 1 aromatic carbocycles. The Morgan fingerprint density at radius 3 is 2.68 bits per heavy atom. The predicted molar refractivity (Wildman–Crippen MR) is 78.7 cm³/mol. The van der Waals surface area contributed by atoms with E-state index < -0.39 is 0 Å². The van der Waals surface area contributed by atoms with Crippen molar-refractivity contribution in [2.75, 3.05) is 12.9 Å². The topological polar surface area (TPSA) is 39.2 Å². The molecule has 0 aliphatic carbocycles. The first-order valence-electron chi connectivity index (χ1n) is 6.09. The second kappa shape index (κ2) is 5.61. The minimum Gasteiger partial charge on any atom is -0.468 e. The highest BCUT2D eigenvalue weighted by molar-refractivity contribution is 8.00. The average molecular weight is 275 g/mol. The van der Waals surface area contributed by atoms with E-state index in [2.05, 4.69) is 35.7 Å². The van der Waals surface area contributed by atoms with Gasteiger partial charge in [-0.1, -0.05) is 11.6 Å². The molecule has 0 unspecified atom stereocenters. The quantitative estimate of drug-likeness (QED) is 0.635. The summed E-state index contributed by atoms with van der Waals surface area (Å²) >= 11 is 1.50. The molecule has 4 heteroatoms. The summed E-state index contributed by atoms with van der Waals surface area (Å²) in [6.45, 7) is 6.11. The van der Waals surface area contributed by atoms with Gasteiger partial charge in [-0.15, -0.1) is 11.8 Å². The largest absolute Gasteiger partial charge is 0.468 e. The van der Waals surface area contributed by atoms with Crippen LogP contribution in [-0.2, 0) is 9.53 Å². The van der Waals surface area contributed by atoms with Crippen molar-refractivity contribution in [3.05, 3.63) is 35.0 Å². The molecule has 0 saturated carbocycles. The van der Waals surface area contributed by atoms with Crippen molar-refractivity contribution < 1.29 is 9.53 Å². The minimum atomic E-state index is -0.211. The average Bonchev–Trinajstić information content (AvgIpc) is 2.36. The summed E-state index contributed by atoms with van der Waals surface area (Å²) in [6, 6.07) is 6.27. The molecule has 0 aliphatic heterocycles. The van der Waals surface area contributed by atoms with Crippen molar-refractivity contribution >= 4 is 28.6 Å². The Bertz CT molecular complexity index is 638. The number of aromatic nitrogens is 1. The molecule has 19 heavy (non-hydrogen) atoms. The minimum absolute atomic E-state index is 0.211. The summed E-state index contributed by atoms with van der Waals surface area (Å²) in [5.74, 6) is 0.110. The van der Waals surface area contributed by atoms with Gasteiger partial charge in [-0.2, -0.15) is 0 Å². The molecule has 0 radical (unpaired) electrons. The van der Waals surface area contributed by atoms with Crippen LogP contribution in [0.1, 0.15) is 16.8 Å². The number of hydrogen-bond acceptors (Lipinski definition) is 4. The van der Waals surface area contributed by atoms with Crippen molar-refractivity contribution in [1.82, 2.24) is 4.98 Å². The van der Waals surface area contributed by atoms with E-state index in [1.165, 1.54) is 30.0 Å². The Morgan fingerprint density at radius 2 is 2.00 bits per heavy atom. The molecule has 0 fully saturated rings. The molecule has 0 bridgehead atoms. The first kappa shape index (κ1) is 13.9. The van der Waals surface area contributed by atoms with Gasteiger partial charge in [0.15, 0.2) is 0 Å². The van der Waals surface area contributed by atoms with Crippen LogP contribution >= 0.6 is 11.8 Å². The Morgan fingerprint density at radius 1 is 1.26 bits per heavy atom. The molecule has 2 aromatic rings. The molecular formula is C15H17NO2S. The maximum Gasteiger partial charge on any atom is 0.315 e. The molecule has 3 nitrogen and oxygen atoms in total. The summed E-state index contributed by atoms with van der Waals surface area (Å²) in [7, 11) is 1.41. The number of nitrogens with zero attached hydrogens (tertiary/aromatic N) is 1. The summed E-state index contributed by atoms with van der Waals surface area (Å²) in [6.07, 6.45) is 0. The van der Waals surface area contributed by atoms with Gasteiger partial charge in [-0.05, 0) is 38.5 Å². The number of methoxy groups -OCH3 is 1. The lowest BCUT2D eigenvalue weighted by molar-refractivity contribution is -0.137. The van der Waals surface area contributed by atoms with E-state index >= 15 is 0 Å². The van der Waals surface area contributed by atoms with E-state index in [-0.39, 0.29) is 5.97 Å². The Kier molecular flexibility index (Phi) is 4.10. The van der Waals surface area contributed by atoms with Gasteiger partial charge in [0.1, 0.15) is 0 Å². The van der Waals surface area contributed by atoms with Crippen LogP contribution in [0, 0.1) is 20.8 Å². The van der Waals surface area contributed by atoms with Crippen LogP contribution in [0.3, 0.4) is 0 Å². The van der Waals surface area contributed by atoms with Gasteiger partial charge >= 0.3 is 5.97 Å². The van der Waals surface area contributed by atoms with Gasteiger partial charge in [-0.3, -0.25) is 9.78 Å². The number of esters is 1. The number of fused-ring (bicyclic) bond motifs is 1. The summed E-state index contributed by atoms with van der Waals surface area (Å²) in [5, 5.41) is 1.11. The van der Waals surface area contributed by atoms with Crippen LogP contribution in [0.2, 0.25) is 0 Å². The number of pyridine rings is 1. The number of hydrogen-bond donors (Lipinski definition) is 0. The molecule has 1 heterocycles. The summed E-state index contributed by atoms with van der Waals surface area (Å²) in [4.78, 5) is 17.0. The predicted octanol–water partition coefficient (Wildman–Crippen LogP) is 3.43. The Labute approximate surface area is 117 Å². The molecular weight excluding hydrogens is 258 g/mol. The molecule has 0 spiro atoms. The van der Waals surface area contributed by atoms with E-state index in [4.69, 9.17) is 0 Å². The van der Waals surface area contributed by atoms with Crippen LogP contribution in [0.4, 0.5) is 0 Å². The zero-order valence-electron chi connectivity index (χ0n) is 11.6. The molecule has 0 amide bonds. The molecule has 0 aliphatic rings. The van der Waals surface area contributed by atoms with Crippen molar-refractivity contribution in [2.45, 2.75) is 25.7 Å². The number of benzene rings is 1. The van der Waals surface area contributed by atoms with Gasteiger partial charge in [0.25, 0.3) is 0 Å². The third-order valence-electron chi connectivity index (χ3n) is 2.91. The Hall–Kier alpha value is -1.55. The van der Waals surface area contributed by atoms with E-state index in [1.807, 2.05) is 13.0 Å². The SMILES string of the molecule is COC(=O)CSc1cc(C)nc2c(C)cc(C)cc12. The standard InChI is InChI=1S/C15H17NO2S/c1-9-5-10(2)15-12(6-9)13(7-11(3)16-15)19-8-14(17)18-4/h5-7H,8H2,1-4H3. The maximum absolute atomic E-state index is 11.3. The van der Waals surface area contributed by atoms with Gasteiger partial charge in [-0.25, -0.2) is 0 Å². The van der Waals surface area contributed by atoms with Crippen molar-refractivity contribution in [1.29, 1.82) is 0 Å². The van der Waals surface area contributed by atoms with Crippen LogP contribution in [0.5, 0.6) is 0 Å². The monoisotopic (exact) mass is 275 g/mol. The third kappa shape index (κ3) is 3.07. The van der Waals surface area contributed by atoms with Crippen molar-refractivity contribution in [3.63, 3.8) is 0 Å². The lowest BCUT2D eigenvalue weighted by Gasteiger charge is -2.10. The first-order valence-corrected chi connectivity index (χ1v) is 7.08. The van der Waals surface area contributed by atoms with Crippen LogP contribution in [0.25, 0.3) is 10.9 Å². The van der Waals surface area contributed by atoms with Crippen LogP contribution in [0.15, 0.2) is 23.1 Å². The first-order chi connectivity index (χ1) is 9.01. The zero-order valence-corrected chi connectivity index (χ0v) is 12.4. The summed E-state index contributed by atoms with van der Waals surface area (Å²) in [5.41, 5.74) is 4.35. The fraction of sp³-hybridized carbons (Fsp3) is 0.333. The van der Waals surface area contributed by atoms with Crippen molar-refractivity contribution in [3.8, 4) is 0 Å². The number of carbonyl (C=O) groups excluding carboxylic acids is 1. The number of thioether (sulfide) groups is 1. The van der Waals surface area contributed by atoms with Crippen molar-refractivity contribution in [2.24, 2.45) is 0 Å². The summed E-state index contributed by atoms with van der Waals surface area (Å²) < 4.78 is 4.69. The number of carbonyl (C=O) groups is 1.